The molecule has 2 aromatic heterocycles. The SMILES string of the molecule is CC(C)(C)c1cnc(CNc2nccnc2C#N)o1. The lowest BCUT2D eigenvalue weighted by Gasteiger charge is -2.13. The van der Waals surface area contributed by atoms with Crippen LogP contribution in [0.1, 0.15) is 38.1 Å². The smallest absolute Gasteiger partial charge is 0.213 e. The molecule has 0 aromatic carbocycles. The fourth-order valence-electron chi connectivity index (χ4n) is 1.45. The molecule has 0 spiro atoms. The average molecular weight is 257 g/mol. The van der Waals surface area contributed by atoms with Crippen LogP contribution in [0.15, 0.2) is 23.0 Å². The van der Waals surface area contributed by atoms with Crippen LogP contribution < -0.4 is 5.32 Å². The van der Waals surface area contributed by atoms with Gasteiger partial charge in [-0.15, -0.1) is 0 Å². The van der Waals surface area contributed by atoms with Crippen LogP contribution in [-0.2, 0) is 12.0 Å². The molecule has 1 N–H and O–H groups in total. The first-order chi connectivity index (χ1) is 9.00. The second-order valence-corrected chi connectivity index (χ2v) is 5.09. The van der Waals surface area contributed by atoms with Crippen molar-refractivity contribution in [1.29, 1.82) is 5.26 Å². The number of nitriles is 1. The lowest BCUT2D eigenvalue weighted by Crippen LogP contribution is -2.09. The standard InChI is InChI=1S/C13H15N5O/c1-13(2,3)10-7-17-11(19-10)8-18-12-9(6-14)15-4-5-16-12/h4-5,7H,8H2,1-3H3,(H,16,18). The number of hydrogen-bond acceptors (Lipinski definition) is 6. The zero-order chi connectivity index (χ0) is 13.9. The zero-order valence-electron chi connectivity index (χ0n) is 11.1. The van der Waals surface area contributed by atoms with Gasteiger partial charge in [0.2, 0.25) is 5.89 Å². The van der Waals surface area contributed by atoms with Gasteiger partial charge in [0.1, 0.15) is 11.8 Å². The van der Waals surface area contributed by atoms with Crippen molar-refractivity contribution in [3.8, 4) is 6.07 Å². The van der Waals surface area contributed by atoms with Gasteiger partial charge in [-0.1, -0.05) is 20.8 Å². The number of nitrogens with one attached hydrogen (secondary N) is 1. The summed E-state index contributed by atoms with van der Waals surface area (Å²) in [5.74, 6) is 1.81. The molecule has 2 rings (SSSR count). The Morgan fingerprint density at radius 2 is 2.00 bits per heavy atom. The Kier molecular flexibility index (Phi) is 3.47. The van der Waals surface area contributed by atoms with Crippen LogP contribution in [0.25, 0.3) is 0 Å². The molecule has 0 amide bonds. The highest BCUT2D eigenvalue weighted by molar-refractivity contribution is 5.46. The van der Waals surface area contributed by atoms with Gasteiger partial charge in [-0.3, -0.25) is 0 Å². The van der Waals surface area contributed by atoms with Gasteiger partial charge < -0.3 is 9.73 Å². The van der Waals surface area contributed by atoms with Gasteiger partial charge in [0.25, 0.3) is 0 Å². The summed E-state index contributed by atoms with van der Waals surface area (Å²) >= 11 is 0. The third kappa shape index (κ3) is 3.07. The Hall–Kier alpha value is -2.42. The van der Waals surface area contributed by atoms with E-state index in [2.05, 4.69) is 41.0 Å². The molecule has 0 atom stereocenters. The van der Waals surface area contributed by atoms with Crippen LogP contribution in [0.2, 0.25) is 0 Å². The van der Waals surface area contributed by atoms with E-state index in [0.717, 1.165) is 5.76 Å². The van der Waals surface area contributed by atoms with Crippen LogP contribution in [0.5, 0.6) is 0 Å². The Morgan fingerprint density at radius 3 is 2.63 bits per heavy atom. The number of nitrogens with zero attached hydrogens (tertiary/aromatic N) is 4. The predicted molar refractivity (Wildman–Crippen MR) is 69.3 cm³/mol. The summed E-state index contributed by atoms with van der Waals surface area (Å²) in [5.41, 5.74) is 0.181. The van der Waals surface area contributed by atoms with Crippen molar-refractivity contribution < 1.29 is 4.42 Å². The van der Waals surface area contributed by atoms with Gasteiger partial charge in [0, 0.05) is 17.8 Å². The first kappa shape index (κ1) is 13.0. The van der Waals surface area contributed by atoms with Gasteiger partial charge in [0.15, 0.2) is 11.5 Å². The van der Waals surface area contributed by atoms with E-state index < -0.39 is 0 Å². The normalized spacial score (nSPS) is 11.1. The largest absolute Gasteiger partial charge is 0.443 e. The maximum Gasteiger partial charge on any atom is 0.213 e. The molecule has 19 heavy (non-hydrogen) atoms. The predicted octanol–water partition coefficient (Wildman–Crippen LogP) is 2.25. The zero-order valence-corrected chi connectivity index (χ0v) is 11.1. The molecule has 0 aliphatic heterocycles. The quantitative estimate of drug-likeness (QED) is 0.907. The third-order valence-corrected chi connectivity index (χ3v) is 2.50. The fourth-order valence-corrected chi connectivity index (χ4v) is 1.45. The molecule has 6 nitrogen and oxygen atoms in total. The van der Waals surface area contributed by atoms with Crippen molar-refractivity contribution in [2.45, 2.75) is 32.7 Å². The van der Waals surface area contributed by atoms with Crippen LogP contribution >= 0.6 is 0 Å². The van der Waals surface area contributed by atoms with E-state index in [4.69, 9.17) is 9.68 Å². The molecule has 0 bridgehead atoms. The van der Waals surface area contributed by atoms with Crippen molar-refractivity contribution in [1.82, 2.24) is 15.0 Å². The highest BCUT2D eigenvalue weighted by atomic mass is 16.4. The van der Waals surface area contributed by atoms with E-state index in [1.165, 1.54) is 12.4 Å². The lowest BCUT2D eigenvalue weighted by molar-refractivity contribution is 0.385. The van der Waals surface area contributed by atoms with Gasteiger partial charge in [-0.2, -0.15) is 5.26 Å². The van der Waals surface area contributed by atoms with Crippen molar-refractivity contribution in [3.05, 3.63) is 35.9 Å². The first-order valence-electron chi connectivity index (χ1n) is 5.91. The monoisotopic (exact) mass is 257 g/mol. The molecule has 98 valence electrons. The molecule has 0 aliphatic carbocycles. The Labute approximate surface area is 111 Å². The van der Waals surface area contributed by atoms with E-state index in [9.17, 15) is 0 Å². The van der Waals surface area contributed by atoms with E-state index in [1.54, 1.807) is 6.20 Å². The van der Waals surface area contributed by atoms with Crippen LogP contribution in [0.4, 0.5) is 5.82 Å². The van der Waals surface area contributed by atoms with Gasteiger partial charge in [0.05, 0.1) is 12.7 Å². The average Bonchev–Trinajstić information content (AvgIpc) is 2.85. The van der Waals surface area contributed by atoms with Crippen LogP contribution in [-0.4, -0.2) is 15.0 Å². The molecule has 0 aliphatic rings. The summed E-state index contributed by atoms with van der Waals surface area (Å²) in [6.07, 6.45) is 4.73. The van der Waals surface area contributed by atoms with Gasteiger partial charge in [-0.05, 0) is 0 Å². The minimum absolute atomic E-state index is 0.0738. The summed E-state index contributed by atoms with van der Waals surface area (Å²) in [4.78, 5) is 12.2. The van der Waals surface area contributed by atoms with Crippen molar-refractivity contribution >= 4 is 5.82 Å². The molecular formula is C13H15N5O. The number of anilines is 1. The van der Waals surface area contributed by atoms with E-state index >= 15 is 0 Å². The minimum atomic E-state index is -0.0738. The van der Waals surface area contributed by atoms with Gasteiger partial charge in [-0.25, -0.2) is 15.0 Å². The van der Waals surface area contributed by atoms with E-state index in [-0.39, 0.29) is 11.1 Å². The molecule has 2 heterocycles. The molecule has 0 unspecified atom stereocenters. The molecule has 6 heteroatoms. The van der Waals surface area contributed by atoms with Crippen LogP contribution in [0.3, 0.4) is 0 Å². The number of aromatic nitrogens is 3. The third-order valence-electron chi connectivity index (χ3n) is 2.50. The summed E-state index contributed by atoms with van der Waals surface area (Å²) in [7, 11) is 0. The molecule has 0 saturated heterocycles. The molecule has 2 aromatic rings. The highest BCUT2D eigenvalue weighted by Crippen LogP contribution is 2.22. The topological polar surface area (TPSA) is 87.6 Å². The maximum absolute atomic E-state index is 8.89. The second kappa shape index (κ2) is 5.06. The Balaban J connectivity index is 2.07. The fraction of sp³-hybridized carbons (Fsp3) is 0.385. The summed E-state index contributed by atoms with van der Waals surface area (Å²) in [6.45, 7) is 6.53. The highest BCUT2D eigenvalue weighted by Gasteiger charge is 2.19. The van der Waals surface area contributed by atoms with Crippen LogP contribution in [0, 0.1) is 11.3 Å². The summed E-state index contributed by atoms with van der Waals surface area (Å²) in [6, 6.07) is 1.97. The van der Waals surface area contributed by atoms with Crippen molar-refractivity contribution in [3.63, 3.8) is 0 Å². The second-order valence-electron chi connectivity index (χ2n) is 5.09. The summed E-state index contributed by atoms with van der Waals surface area (Å²) in [5, 5.41) is 11.9. The number of hydrogen-bond donors (Lipinski definition) is 1. The first-order valence-corrected chi connectivity index (χ1v) is 5.91. The molecule has 0 radical (unpaired) electrons. The number of rotatable bonds is 3. The maximum atomic E-state index is 8.89. The van der Waals surface area contributed by atoms with Gasteiger partial charge >= 0.3 is 0 Å². The van der Waals surface area contributed by atoms with Crippen molar-refractivity contribution in [2.24, 2.45) is 0 Å². The minimum Gasteiger partial charge on any atom is -0.443 e. The summed E-state index contributed by atoms with van der Waals surface area (Å²) < 4.78 is 5.64. The van der Waals surface area contributed by atoms with Crippen molar-refractivity contribution in [2.75, 3.05) is 5.32 Å². The Bertz CT molecular complexity index is 606. The lowest BCUT2D eigenvalue weighted by atomic mass is 9.94. The van der Waals surface area contributed by atoms with E-state index in [0.29, 0.717) is 18.3 Å². The molecule has 0 saturated carbocycles. The molecule has 0 fully saturated rings. The number of oxazole rings is 1. The Morgan fingerprint density at radius 1 is 1.26 bits per heavy atom. The van der Waals surface area contributed by atoms with E-state index in [1.807, 2.05) is 6.07 Å². The molecular weight excluding hydrogens is 242 g/mol.